The van der Waals surface area contributed by atoms with E-state index in [-0.39, 0.29) is 49.3 Å². The van der Waals surface area contributed by atoms with Crippen LogP contribution in [0.1, 0.15) is 31.4 Å². The van der Waals surface area contributed by atoms with Gasteiger partial charge in [-0.15, -0.1) is 0 Å². The molecule has 1 aromatic heterocycles. The first-order valence-electron chi connectivity index (χ1n) is 14.0. The molecule has 42 heavy (non-hydrogen) atoms. The summed E-state index contributed by atoms with van der Waals surface area (Å²) in [5.74, 6) is -0.0584. The average molecular weight is 642 g/mol. The van der Waals surface area contributed by atoms with Gasteiger partial charge in [0.15, 0.2) is 0 Å². The molecule has 0 radical (unpaired) electrons. The summed E-state index contributed by atoms with van der Waals surface area (Å²) in [6, 6.07) is 8.70. The molecule has 0 bridgehead atoms. The van der Waals surface area contributed by atoms with E-state index in [1.54, 1.807) is 23.1 Å². The van der Waals surface area contributed by atoms with Gasteiger partial charge in [-0.1, -0.05) is 60.5 Å². The Hall–Kier alpha value is -2.83. The summed E-state index contributed by atoms with van der Waals surface area (Å²) in [7, 11) is 0. The summed E-state index contributed by atoms with van der Waals surface area (Å²) in [5.41, 5.74) is 2.24. The first-order chi connectivity index (χ1) is 20.2. The molecular weight excluding hydrogens is 603 g/mol. The van der Waals surface area contributed by atoms with E-state index in [0.717, 1.165) is 42.1 Å². The zero-order valence-corrected chi connectivity index (χ0v) is 26.2. The number of alkyl carbamates (subject to hydrolysis) is 1. The number of fused-ring (bicyclic) bond motifs is 1. The quantitative estimate of drug-likeness (QED) is 0.183. The molecule has 2 aromatic carbocycles. The van der Waals surface area contributed by atoms with Gasteiger partial charge in [0.1, 0.15) is 17.9 Å². The number of aromatic amines is 1. The minimum atomic E-state index is -0.589. The molecule has 10 nitrogen and oxygen atoms in total. The van der Waals surface area contributed by atoms with E-state index in [1.165, 1.54) is 6.07 Å². The van der Waals surface area contributed by atoms with Crippen molar-refractivity contribution in [3.05, 3.63) is 61.2 Å². The number of phenolic OH excluding ortho intramolecular Hbond substituents is 1. The minimum Gasteiger partial charge on any atom is -0.506 e. The summed E-state index contributed by atoms with van der Waals surface area (Å²) in [5, 5.41) is 13.6. The number of nitrogens with zero attached hydrogens (tertiary/aromatic N) is 2. The Morgan fingerprint density at radius 1 is 1.00 bits per heavy atom. The highest BCUT2D eigenvalue weighted by atomic mass is 35.5. The maximum atomic E-state index is 13.0. The van der Waals surface area contributed by atoms with Crippen LogP contribution in [0.25, 0.3) is 10.2 Å². The number of halogens is 2. The molecule has 0 unspecified atom stereocenters. The number of aromatic hydroxyl groups is 1. The molecule has 230 valence electrons. The number of H-pyrrole nitrogens is 1. The molecule has 3 N–H and O–H groups in total. The SMILES string of the molecule is CCN(CC)CCN(CCOC(=O)NCCc1ccc(O)c2[nH]c(=O)sc12)C(=O)CCOCCc1ccc(Cl)c(Cl)c1. The van der Waals surface area contributed by atoms with Gasteiger partial charge >= 0.3 is 11.0 Å². The van der Waals surface area contributed by atoms with Gasteiger partial charge in [-0.3, -0.25) is 9.59 Å². The van der Waals surface area contributed by atoms with Gasteiger partial charge in [-0.05, 0) is 55.3 Å². The number of thiazole rings is 1. The van der Waals surface area contributed by atoms with Crippen molar-refractivity contribution < 1.29 is 24.2 Å². The number of rotatable bonds is 17. The summed E-state index contributed by atoms with van der Waals surface area (Å²) >= 11 is 13.0. The van der Waals surface area contributed by atoms with Crippen LogP contribution in [0.5, 0.6) is 5.75 Å². The Morgan fingerprint density at radius 3 is 2.52 bits per heavy atom. The van der Waals surface area contributed by atoms with Crippen LogP contribution in [-0.2, 0) is 27.1 Å². The van der Waals surface area contributed by atoms with E-state index in [2.05, 4.69) is 29.0 Å². The fraction of sp³-hybridized carbons (Fsp3) is 0.483. The molecule has 1 heterocycles. The lowest BCUT2D eigenvalue weighted by Crippen LogP contribution is -2.41. The highest BCUT2D eigenvalue weighted by molar-refractivity contribution is 7.16. The third-order valence-electron chi connectivity index (χ3n) is 6.81. The van der Waals surface area contributed by atoms with Crippen molar-refractivity contribution in [2.45, 2.75) is 33.1 Å². The number of nitrogens with one attached hydrogen (secondary N) is 2. The number of hydrogen-bond donors (Lipinski definition) is 3. The van der Waals surface area contributed by atoms with Gasteiger partial charge in [-0.25, -0.2) is 4.79 Å². The number of hydrogen-bond acceptors (Lipinski definition) is 8. The highest BCUT2D eigenvalue weighted by Gasteiger charge is 2.16. The maximum absolute atomic E-state index is 13.0. The Balaban J connectivity index is 1.41. The third-order valence-corrected chi connectivity index (χ3v) is 8.51. The molecule has 0 saturated heterocycles. The monoisotopic (exact) mass is 640 g/mol. The largest absolute Gasteiger partial charge is 0.506 e. The van der Waals surface area contributed by atoms with Crippen molar-refractivity contribution in [3.8, 4) is 5.75 Å². The van der Waals surface area contributed by atoms with Gasteiger partial charge < -0.3 is 34.7 Å². The topological polar surface area (TPSA) is 124 Å². The molecule has 0 aliphatic rings. The Labute approximate surface area is 259 Å². The fourth-order valence-electron chi connectivity index (χ4n) is 4.34. The third kappa shape index (κ3) is 10.5. The van der Waals surface area contributed by atoms with Crippen LogP contribution in [-0.4, -0.2) is 91.0 Å². The normalized spacial score (nSPS) is 11.3. The molecule has 0 aliphatic heterocycles. The predicted molar refractivity (Wildman–Crippen MR) is 167 cm³/mol. The van der Waals surface area contributed by atoms with Crippen molar-refractivity contribution in [1.29, 1.82) is 0 Å². The molecule has 0 fully saturated rings. The van der Waals surface area contributed by atoms with Crippen LogP contribution >= 0.6 is 34.5 Å². The van der Waals surface area contributed by atoms with Crippen molar-refractivity contribution in [2.75, 3.05) is 59.1 Å². The number of benzene rings is 2. The number of carbonyl (C=O) groups is 2. The molecule has 0 atom stereocenters. The van der Waals surface area contributed by atoms with Crippen molar-refractivity contribution in [3.63, 3.8) is 0 Å². The van der Waals surface area contributed by atoms with E-state index in [9.17, 15) is 19.5 Å². The Bertz CT molecular complexity index is 1380. The molecule has 0 spiro atoms. The van der Waals surface area contributed by atoms with Gasteiger partial charge in [-0.2, -0.15) is 0 Å². The zero-order chi connectivity index (χ0) is 30.5. The van der Waals surface area contributed by atoms with Crippen LogP contribution < -0.4 is 10.2 Å². The van der Waals surface area contributed by atoms with Crippen molar-refractivity contribution in [1.82, 2.24) is 20.1 Å². The second-order valence-electron chi connectivity index (χ2n) is 9.54. The summed E-state index contributed by atoms with van der Waals surface area (Å²) < 4.78 is 11.7. The van der Waals surface area contributed by atoms with Gasteiger partial charge in [0.05, 0.1) is 40.9 Å². The summed E-state index contributed by atoms with van der Waals surface area (Å²) in [6.45, 7) is 8.48. The molecule has 3 rings (SSSR count). The summed E-state index contributed by atoms with van der Waals surface area (Å²) in [6.07, 6.45) is 0.745. The number of likely N-dealkylation sites (N-methyl/N-ethyl adjacent to an activating group) is 1. The van der Waals surface area contributed by atoms with Gasteiger partial charge in [0, 0.05) is 19.6 Å². The van der Waals surface area contributed by atoms with Crippen LogP contribution in [0.2, 0.25) is 10.0 Å². The van der Waals surface area contributed by atoms with E-state index in [4.69, 9.17) is 32.7 Å². The minimum absolute atomic E-state index is 0.00873. The lowest BCUT2D eigenvalue weighted by Gasteiger charge is -2.26. The van der Waals surface area contributed by atoms with Crippen LogP contribution in [0.4, 0.5) is 4.79 Å². The summed E-state index contributed by atoms with van der Waals surface area (Å²) in [4.78, 5) is 43.3. The number of phenols is 1. The van der Waals surface area contributed by atoms with Crippen LogP contribution in [0.15, 0.2) is 35.1 Å². The standard InChI is InChI=1S/C29H38Cl2N4O6S/c1-3-34(4-2)13-14-35(25(37)11-17-40-16-10-20-5-7-22(30)23(31)19-20)15-18-41-28(38)32-12-9-21-6-8-24(36)26-27(21)42-29(39)33-26/h5-8,19,36H,3-4,9-18H2,1-2H3,(H,32,38)(H,33,39). The average Bonchev–Trinajstić information content (AvgIpc) is 3.37. The number of aromatic nitrogens is 1. The first-order valence-corrected chi connectivity index (χ1v) is 15.5. The molecule has 13 heteroatoms. The maximum Gasteiger partial charge on any atom is 0.407 e. The number of ether oxygens (including phenoxy) is 2. The predicted octanol–water partition coefficient (Wildman–Crippen LogP) is 4.69. The van der Waals surface area contributed by atoms with E-state index in [0.29, 0.717) is 46.3 Å². The van der Waals surface area contributed by atoms with Gasteiger partial charge in [0.25, 0.3) is 0 Å². The lowest BCUT2D eigenvalue weighted by molar-refractivity contribution is -0.133. The van der Waals surface area contributed by atoms with Crippen LogP contribution in [0, 0.1) is 0 Å². The second kappa shape index (κ2) is 17.3. The van der Waals surface area contributed by atoms with E-state index >= 15 is 0 Å². The smallest absolute Gasteiger partial charge is 0.407 e. The second-order valence-corrected chi connectivity index (χ2v) is 11.3. The Kier molecular flexibility index (Phi) is 13.9. The van der Waals surface area contributed by atoms with Gasteiger partial charge in [0.2, 0.25) is 5.91 Å². The molecule has 0 aliphatic carbocycles. The first kappa shape index (κ1) is 33.7. The van der Waals surface area contributed by atoms with E-state index in [1.807, 2.05) is 6.07 Å². The Morgan fingerprint density at radius 2 is 1.79 bits per heavy atom. The zero-order valence-electron chi connectivity index (χ0n) is 23.9. The molecule has 3 aromatic rings. The van der Waals surface area contributed by atoms with E-state index < -0.39 is 6.09 Å². The van der Waals surface area contributed by atoms with Crippen molar-refractivity contribution in [2.24, 2.45) is 0 Å². The molecule has 2 amide bonds. The number of amides is 2. The fourth-order valence-corrected chi connectivity index (χ4v) is 5.55. The molecular formula is C29H38Cl2N4O6S. The van der Waals surface area contributed by atoms with Crippen molar-refractivity contribution >= 4 is 56.8 Å². The van der Waals surface area contributed by atoms with Crippen LogP contribution in [0.3, 0.4) is 0 Å². The highest BCUT2D eigenvalue weighted by Crippen LogP contribution is 2.28. The lowest BCUT2D eigenvalue weighted by atomic mass is 10.1. The molecule has 0 saturated carbocycles. The number of carbonyl (C=O) groups excluding carboxylic acids is 2.